The summed E-state index contributed by atoms with van der Waals surface area (Å²) in [5.41, 5.74) is 0. The molecular weight excluding hydrogens is 142 g/mol. The molecule has 1 aliphatic heterocycles. The lowest BCUT2D eigenvalue weighted by Crippen LogP contribution is -2.35. The van der Waals surface area contributed by atoms with E-state index in [1.54, 1.807) is 7.11 Å². The fourth-order valence-corrected chi connectivity index (χ4v) is 1.13. The van der Waals surface area contributed by atoms with E-state index in [4.69, 9.17) is 9.57 Å². The van der Waals surface area contributed by atoms with E-state index in [-0.39, 0.29) is 0 Å². The zero-order chi connectivity index (χ0) is 8.32. The number of hydrogen-bond donors (Lipinski definition) is 0. The van der Waals surface area contributed by atoms with Gasteiger partial charge in [-0.05, 0) is 26.7 Å². The van der Waals surface area contributed by atoms with Crippen molar-refractivity contribution in [1.29, 1.82) is 0 Å². The van der Waals surface area contributed by atoms with Crippen LogP contribution in [0, 0.1) is 0 Å². The molecule has 0 atom stereocenters. The van der Waals surface area contributed by atoms with Crippen LogP contribution in [0.3, 0.4) is 0 Å². The maximum Gasteiger partial charge on any atom is 0.181 e. The molecule has 0 N–H and O–H groups in total. The van der Waals surface area contributed by atoms with Crippen molar-refractivity contribution in [2.24, 2.45) is 0 Å². The zero-order valence-electron chi connectivity index (χ0n) is 7.59. The summed E-state index contributed by atoms with van der Waals surface area (Å²) < 4.78 is 5.14. The number of hydrogen-bond acceptors (Lipinski definition) is 3. The number of ether oxygens (including phenoxy) is 1. The third-order valence-corrected chi connectivity index (χ3v) is 1.91. The van der Waals surface area contributed by atoms with Crippen molar-refractivity contribution in [3.05, 3.63) is 0 Å². The van der Waals surface area contributed by atoms with Gasteiger partial charge in [0.15, 0.2) is 5.79 Å². The standard InChI is InChI=1S/C8H17NO2/c1-8(2,10-3)11-9-6-4-5-7-9/h4-7H2,1-3H3. The van der Waals surface area contributed by atoms with Gasteiger partial charge in [0.1, 0.15) is 0 Å². The third kappa shape index (κ3) is 2.77. The summed E-state index contributed by atoms with van der Waals surface area (Å²) in [6, 6.07) is 0. The van der Waals surface area contributed by atoms with Gasteiger partial charge in [-0.1, -0.05) is 0 Å². The smallest absolute Gasteiger partial charge is 0.181 e. The largest absolute Gasteiger partial charge is 0.352 e. The molecule has 1 aliphatic rings. The Morgan fingerprint density at radius 1 is 1.18 bits per heavy atom. The second-order valence-electron chi connectivity index (χ2n) is 3.33. The van der Waals surface area contributed by atoms with E-state index in [1.165, 1.54) is 12.8 Å². The van der Waals surface area contributed by atoms with Crippen molar-refractivity contribution in [2.45, 2.75) is 32.5 Å². The molecule has 1 fully saturated rings. The summed E-state index contributed by atoms with van der Waals surface area (Å²) >= 11 is 0. The Balaban J connectivity index is 2.28. The molecule has 1 rings (SSSR count). The maximum atomic E-state index is 5.56. The zero-order valence-corrected chi connectivity index (χ0v) is 7.59. The van der Waals surface area contributed by atoms with Gasteiger partial charge in [0.25, 0.3) is 0 Å². The van der Waals surface area contributed by atoms with Gasteiger partial charge >= 0.3 is 0 Å². The van der Waals surface area contributed by atoms with Gasteiger partial charge in [-0.15, -0.1) is 0 Å². The molecule has 3 heteroatoms. The van der Waals surface area contributed by atoms with Gasteiger partial charge in [-0.3, -0.25) is 4.84 Å². The van der Waals surface area contributed by atoms with E-state index < -0.39 is 5.79 Å². The van der Waals surface area contributed by atoms with Crippen molar-refractivity contribution in [2.75, 3.05) is 20.2 Å². The molecule has 0 aromatic heterocycles. The number of rotatable bonds is 3. The van der Waals surface area contributed by atoms with Gasteiger partial charge in [-0.2, -0.15) is 5.06 Å². The minimum absolute atomic E-state index is 0.468. The molecule has 0 aliphatic carbocycles. The van der Waals surface area contributed by atoms with Crippen LogP contribution in [0.15, 0.2) is 0 Å². The summed E-state index contributed by atoms with van der Waals surface area (Å²) in [6.07, 6.45) is 2.47. The fourth-order valence-electron chi connectivity index (χ4n) is 1.13. The molecule has 0 aromatic carbocycles. The van der Waals surface area contributed by atoms with Crippen molar-refractivity contribution in [1.82, 2.24) is 5.06 Å². The van der Waals surface area contributed by atoms with Crippen LogP contribution in [0.25, 0.3) is 0 Å². The van der Waals surface area contributed by atoms with Crippen LogP contribution in [0.4, 0.5) is 0 Å². The number of nitrogens with zero attached hydrogens (tertiary/aromatic N) is 1. The van der Waals surface area contributed by atoms with E-state index >= 15 is 0 Å². The molecule has 3 nitrogen and oxygen atoms in total. The van der Waals surface area contributed by atoms with E-state index in [9.17, 15) is 0 Å². The van der Waals surface area contributed by atoms with Crippen molar-refractivity contribution >= 4 is 0 Å². The monoisotopic (exact) mass is 159 g/mol. The first kappa shape index (κ1) is 8.97. The predicted molar refractivity (Wildman–Crippen MR) is 43.0 cm³/mol. The highest BCUT2D eigenvalue weighted by molar-refractivity contribution is 4.60. The lowest BCUT2D eigenvalue weighted by atomic mass is 10.4. The first-order valence-corrected chi connectivity index (χ1v) is 4.13. The van der Waals surface area contributed by atoms with E-state index in [0.717, 1.165) is 13.1 Å². The molecule has 1 saturated heterocycles. The van der Waals surface area contributed by atoms with Crippen LogP contribution in [0.1, 0.15) is 26.7 Å². The average molecular weight is 159 g/mol. The van der Waals surface area contributed by atoms with Gasteiger partial charge in [0.2, 0.25) is 0 Å². The first-order chi connectivity index (χ1) is 5.14. The first-order valence-electron chi connectivity index (χ1n) is 4.13. The fraction of sp³-hybridized carbons (Fsp3) is 1.00. The van der Waals surface area contributed by atoms with Gasteiger partial charge in [-0.25, -0.2) is 0 Å². The Labute approximate surface area is 68.2 Å². The van der Waals surface area contributed by atoms with Crippen molar-refractivity contribution in [3.63, 3.8) is 0 Å². The molecule has 0 aromatic rings. The summed E-state index contributed by atoms with van der Waals surface area (Å²) in [5, 5.41) is 1.98. The molecule has 66 valence electrons. The number of hydroxylamine groups is 2. The van der Waals surface area contributed by atoms with Crippen LogP contribution >= 0.6 is 0 Å². The number of methoxy groups -OCH3 is 1. The van der Waals surface area contributed by atoms with Crippen LogP contribution in [-0.4, -0.2) is 31.0 Å². The van der Waals surface area contributed by atoms with Crippen LogP contribution in [-0.2, 0) is 9.57 Å². The molecule has 0 radical (unpaired) electrons. The van der Waals surface area contributed by atoms with Crippen LogP contribution in [0.2, 0.25) is 0 Å². The summed E-state index contributed by atoms with van der Waals surface area (Å²) in [7, 11) is 1.66. The van der Waals surface area contributed by atoms with E-state index in [1.807, 2.05) is 18.9 Å². The summed E-state index contributed by atoms with van der Waals surface area (Å²) in [5.74, 6) is -0.468. The quantitative estimate of drug-likeness (QED) is 0.581. The summed E-state index contributed by atoms with van der Waals surface area (Å²) in [4.78, 5) is 5.56. The Morgan fingerprint density at radius 2 is 1.73 bits per heavy atom. The molecule has 11 heavy (non-hydrogen) atoms. The normalized spacial score (nSPS) is 21.0. The van der Waals surface area contributed by atoms with Crippen LogP contribution < -0.4 is 0 Å². The Morgan fingerprint density at radius 3 is 2.18 bits per heavy atom. The molecular formula is C8H17NO2. The second-order valence-corrected chi connectivity index (χ2v) is 3.33. The highest BCUT2D eigenvalue weighted by atomic mass is 16.8. The minimum atomic E-state index is -0.468. The Bertz CT molecular complexity index is 119. The lowest BCUT2D eigenvalue weighted by molar-refractivity contribution is -0.316. The van der Waals surface area contributed by atoms with E-state index in [0.29, 0.717) is 0 Å². The molecule has 0 bridgehead atoms. The molecule has 0 saturated carbocycles. The average Bonchev–Trinajstić information content (AvgIpc) is 2.39. The van der Waals surface area contributed by atoms with E-state index in [2.05, 4.69) is 0 Å². The third-order valence-electron chi connectivity index (χ3n) is 1.91. The molecule has 0 amide bonds. The highest BCUT2D eigenvalue weighted by Gasteiger charge is 2.23. The molecule has 0 unspecified atom stereocenters. The van der Waals surface area contributed by atoms with Gasteiger partial charge < -0.3 is 4.74 Å². The SMILES string of the molecule is COC(C)(C)ON1CCCC1. The van der Waals surface area contributed by atoms with Crippen molar-refractivity contribution < 1.29 is 9.57 Å². The molecule has 1 heterocycles. The summed E-state index contributed by atoms with van der Waals surface area (Å²) in [6.45, 7) is 5.91. The topological polar surface area (TPSA) is 21.7 Å². The minimum Gasteiger partial charge on any atom is -0.352 e. The lowest BCUT2D eigenvalue weighted by Gasteiger charge is -2.28. The molecule has 0 spiro atoms. The Kier molecular flexibility index (Phi) is 2.87. The van der Waals surface area contributed by atoms with Gasteiger partial charge in [0, 0.05) is 20.2 Å². The predicted octanol–water partition coefficient (Wildman–Crippen LogP) is 1.40. The maximum absolute atomic E-state index is 5.56. The highest BCUT2D eigenvalue weighted by Crippen LogP contribution is 2.16. The Hall–Kier alpha value is -0.120. The van der Waals surface area contributed by atoms with Crippen molar-refractivity contribution in [3.8, 4) is 0 Å². The van der Waals surface area contributed by atoms with Crippen LogP contribution in [0.5, 0.6) is 0 Å². The van der Waals surface area contributed by atoms with Gasteiger partial charge in [0.05, 0.1) is 0 Å². The second kappa shape index (κ2) is 3.52.